The highest BCUT2D eigenvalue weighted by Crippen LogP contribution is 2.24. The Kier molecular flexibility index (Phi) is 9.80. The van der Waals surface area contributed by atoms with Gasteiger partial charge in [-0.2, -0.15) is 0 Å². The number of esters is 2. The first-order valence-corrected chi connectivity index (χ1v) is 12.9. The predicted octanol–water partition coefficient (Wildman–Crippen LogP) is 5.79. The standard InChI is InChI=1S/C32H30O9/c1-21(38-23-11-15-25(16-12-23)40-31(35)27-7-3-5-9-29(27)33)19-37-20-22(2)39-24-13-17-26(18-14-24)41-32(36)28-8-4-6-10-30(28)34/h3-18,21-22,33-34H,19-20H2,1-2H3. The topological polar surface area (TPSA) is 121 Å². The molecule has 0 fully saturated rings. The summed E-state index contributed by atoms with van der Waals surface area (Å²) in [5.74, 6) is 0.204. The second-order valence-corrected chi connectivity index (χ2v) is 9.15. The zero-order valence-electron chi connectivity index (χ0n) is 22.6. The van der Waals surface area contributed by atoms with Gasteiger partial charge in [-0.15, -0.1) is 0 Å². The maximum atomic E-state index is 12.2. The summed E-state index contributed by atoms with van der Waals surface area (Å²) in [7, 11) is 0. The number of benzene rings is 4. The number of para-hydroxylation sites is 2. The van der Waals surface area contributed by atoms with E-state index in [4.69, 9.17) is 23.7 Å². The predicted molar refractivity (Wildman–Crippen MR) is 150 cm³/mol. The lowest BCUT2D eigenvalue weighted by atomic mass is 10.2. The first kappa shape index (κ1) is 29.0. The summed E-state index contributed by atoms with van der Waals surface area (Å²) >= 11 is 0. The van der Waals surface area contributed by atoms with Crippen molar-refractivity contribution >= 4 is 11.9 Å². The summed E-state index contributed by atoms with van der Waals surface area (Å²) in [4.78, 5) is 24.5. The highest BCUT2D eigenvalue weighted by molar-refractivity contribution is 5.94. The van der Waals surface area contributed by atoms with Crippen molar-refractivity contribution in [2.45, 2.75) is 26.1 Å². The molecule has 9 nitrogen and oxygen atoms in total. The summed E-state index contributed by atoms with van der Waals surface area (Å²) in [5.41, 5.74) is 0.167. The molecule has 0 aliphatic rings. The van der Waals surface area contributed by atoms with Gasteiger partial charge in [0.25, 0.3) is 0 Å². The van der Waals surface area contributed by atoms with Gasteiger partial charge < -0.3 is 33.9 Å². The van der Waals surface area contributed by atoms with Gasteiger partial charge in [-0.05, 0) is 86.6 Å². The van der Waals surface area contributed by atoms with E-state index in [1.807, 2.05) is 13.8 Å². The number of hydrogen-bond acceptors (Lipinski definition) is 9. The SMILES string of the molecule is CC(COCC(C)Oc1ccc(OC(=O)c2ccccc2O)cc1)Oc1ccc(OC(=O)c2ccccc2O)cc1. The van der Waals surface area contributed by atoms with Crippen LogP contribution in [0.3, 0.4) is 0 Å². The smallest absolute Gasteiger partial charge is 0.347 e. The van der Waals surface area contributed by atoms with E-state index >= 15 is 0 Å². The third-order valence-corrected chi connectivity index (χ3v) is 5.70. The number of phenolic OH excluding ortho intramolecular Hbond substituents is 2. The number of hydrogen-bond donors (Lipinski definition) is 2. The number of phenols is 2. The normalized spacial score (nSPS) is 12.1. The minimum Gasteiger partial charge on any atom is -0.507 e. The summed E-state index contributed by atoms with van der Waals surface area (Å²) < 4.78 is 28.1. The molecule has 2 unspecified atom stereocenters. The van der Waals surface area contributed by atoms with E-state index in [-0.39, 0.29) is 34.8 Å². The second-order valence-electron chi connectivity index (χ2n) is 9.15. The van der Waals surface area contributed by atoms with Gasteiger partial charge in [0.15, 0.2) is 0 Å². The maximum Gasteiger partial charge on any atom is 0.347 e. The van der Waals surface area contributed by atoms with Crippen LogP contribution in [0, 0.1) is 0 Å². The summed E-state index contributed by atoms with van der Waals surface area (Å²) in [6, 6.07) is 25.5. The summed E-state index contributed by atoms with van der Waals surface area (Å²) in [5, 5.41) is 19.6. The number of rotatable bonds is 12. The molecule has 0 amide bonds. The van der Waals surface area contributed by atoms with Crippen molar-refractivity contribution in [3.8, 4) is 34.5 Å². The van der Waals surface area contributed by atoms with Crippen LogP contribution in [0.15, 0.2) is 97.1 Å². The Morgan fingerprint density at radius 1 is 0.561 bits per heavy atom. The van der Waals surface area contributed by atoms with Gasteiger partial charge in [0.05, 0.1) is 13.2 Å². The van der Waals surface area contributed by atoms with E-state index < -0.39 is 11.9 Å². The number of carbonyl (C=O) groups excluding carboxylic acids is 2. The van der Waals surface area contributed by atoms with E-state index in [2.05, 4.69) is 0 Å². The quantitative estimate of drug-likeness (QED) is 0.164. The largest absolute Gasteiger partial charge is 0.507 e. The molecule has 4 aromatic carbocycles. The highest BCUT2D eigenvalue weighted by atomic mass is 16.6. The molecule has 0 aliphatic carbocycles. The Hall–Kier alpha value is -5.02. The van der Waals surface area contributed by atoms with Crippen molar-refractivity contribution in [3.05, 3.63) is 108 Å². The van der Waals surface area contributed by atoms with Crippen LogP contribution >= 0.6 is 0 Å². The van der Waals surface area contributed by atoms with E-state index in [9.17, 15) is 19.8 Å². The molecule has 4 aromatic rings. The van der Waals surface area contributed by atoms with Crippen LogP contribution in [0.2, 0.25) is 0 Å². The Morgan fingerprint density at radius 2 is 0.902 bits per heavy atom. The summed E-state index contributed by atoms with van der Waals surface area (Å²) in [6.45, 7) is 4.37. The van der Waals surface area contributed by atoms with E-state index in [1.54, 1.807) is 72.8 Å². The lowest BCUT2D eigenvalue weighted by Gasteiger charge is -2.18. The molecule has 0 aliphatic heterocycles. The molecule has 41 heavy (non-hydrogen) atoms. The van der Waals surface area contributed by atoms with E-state index in [0.29, 0.717) is 36.2 Å². The summed E-state index contributed by atoms with van der Waals surface area (Å²) in [6.07, 6.45) is -0.509. The van der Waals surface area contributed by atoms with Crippen LogP contribution in [0.4, 0.5) is 0 Å². The second kappa shape index (κ2) is 13.9. The molecular formula is C32H30O9. The average molecular weight is 559 g/mol. The van der Waals surface area contributed by atoms with Crippen molar-refractivity contribution in [2.75, 3.05) is 13.2 Å². The minimum absolute atomic E-state index is 0.0834. The number of carbonyl (C=O) groups is 2. The average Bonchev–Trinajstić information content (AvgIpc) is 2.95. The fourth-order valence-electron chi connectivity index (χ4n) is 3.72. The first-order chi connectivity index (χ1) is 19.8. The Labute approximate surface area is 237 Å². The first-order valence-electron chi connectivity index (χ1n) is 12.9. The van der Waals surface area contributed by atoms with Crippen molar-refractivity contribution in [1.29, 1.82) is 0 Å². The van der Waals surface area contributed by atoms with Gasteiger partial charge in [0.1, 0.15) is 57.8 Å². The zero-order valence-corrected chi connectivity index (χ0v) is 22.6. The van der Waals surface area contributed by atoms with Crippen molar-refractivity contribution < 1.29 is 43.5 Å². The molecule has 212 valence electrons. The minimum atomic E-state index is -0.654. The van der Waals surface area contributed by atoms with Crippen molar-refractivity contribution in [2.24, 2.45) is 0 Å². The molecule has 0 aromatic heterocycles. The third-order valence-electron chi connectivity index (χ3n) is 5.70. The van der Waals surface area contributed by atoms with E-state index in [0.717, 1.165) is 0 Å². The maximum absolute atomic E-state index is 12.2. The third kappa shape index (κ3) is 8.48. The fourth-order valence-corrected chi connectivity index (χ4v) is 3.72. The molecule has 0 saturated carbocycles. The Morgan fingerprint density at radius 3 is 1.27 bits per heavy atom. The Bertz CT molecular complexity index is 1340. The Balaban J connectivity index is 1.16. The van der Waals surface area contributed by atoms with Gasteiger partial charge in [0.2, 0.25) is 0 Å². The zero-order chi connectivity index (χ0) is 29.2. The van der Waals surface area contributed by atoms with Gasteiger partial charge in [0, 0.05) is 0 Å². The molecule has 9 heteroatoms. The van der Waals surface area contributed by atoms with Crippen molar-refractivity contribution in [3.63, 3.8) is 0 Å². The van der Waals surface area contributed by atoms with Crippen LogP contribution < -0.4 is 18.9 Å². The lowest BCUT2D eigenvalue weighted by Crippen LogP contribution is -2.25. The van der Waals surface area contributed by atoms with E-state index in [1.165, 1.54) is 24.3 Å². The van der Waals surface area contributed by atoms with Crippen LogP contribution in [0.25, 0.3) is 0 Å². The monoisotopic (exact) mass is 558 g/mol. The van der Waals surface area contributed by atoms with Gasteiger partial charge in [-0.25, -0.2) is 9.59 Å². The molecule has 0 radical (unpaired) electrons. The highest BCUT2D eigenvalue weighted by Gasteiger charge is 2.15. The lowest BCUT2D eigenvalue weighted by molar-refractivity contribution is 0.0188. The molecule has 2 atom stereocenters. The van der Waals surface area contributed by atoms with Crippen LogP contribution in [-0.2, 0) is 4.74 Å². The number of aromatic hydroxyl groups is 2. The molecule has 0 saturated heterocycles. The van der Waals surface area contributed by atoms with Crippen LogP contribution in [0.5, 0.6) is 34.5 Å². The number of ether oxygens (including phenoxy) is 5. The molecule has 0 bridgehead atoms. The van der Waals surface area contributed by atoms with Crippen LogP contribution in [-0.4, -0.2) is 47.6 Å². The molecular weight excluding hydrogens is 528 g/mol. The molecule has 4 rings (SSSR count). The molecule has 0 spiro atoms. The van der Waals surface area contributed by atoms with Gasteiger partial charge in [-0.1, -0.05) is 24.3 Å². The van der Waals surface area contributed by atoms with Gasteiger partial charge >= 0.3 is 11.9 Å². The van der Waals surface area contributed by atoms with Crippen molar-refractivity contribution in [1.82, 2.24) is 0 Å². The molecule has 0 heterocycles. The molecule has 2 N–H and O–H groups in total. The van der Waals surface area contributed by atoms with Crippen LogP contribution in [0.1, 0.15) is 34.6 Å². The van der Waals surface area contributed by atoms with Gasteiger partial charge in [-0.3, -0.25) is 0 Å². The fraction of sp³-hybridized carbons (Fsp3) is 0.188.